The van der Waals surface area contributed by atoms with E-state index >= 15 is 0 Å². The van der Waals surface area contributed by atoms with Gasteiger partial charge in [-0.1, -0.05) is 42.3 Å². The van der Waals surface area contributed by atoms with E-state index in [2.05, 4.69) is 10.6 Å². The predicted molar refractivity (Wildman–Crippen MR) is 116 cm³/mol. The maximum absolute atomic E-state index is 12.6. The molecule has 0 saturated carbocycles. The van der Waals surface area contributed by atoms with Crippen LogP contribution in [0.2, 0.25) is 10.0 Å². The summed E-state index contributed by atoms with van der Waals surface area (Å²) in [5.74, 6) is -0.970. The lowest BCUT2D eigenvalue weighted by Gasteiger charge is -2.23. The van der Waals surface area contributed by atoms with Crippen LogP contribution in [0, 0.1) is 0 Å². The molecule has 0 unspecified atom stereocenters. The average Bonchev–Trinajstić information content (AvgIpc) is 2.66. The first-order valence-corrected chi connectivity index (χ1v) is 11.3. The van der Waals surface area contributed by atoms with Gasteiger partial charge in [0.1, 0.15) is 6.54 Å². The molecule has 0 spiro atoms. The fourth-order valence-corrected chi connectivity index (χ4v) is 3.80. The third-order valence-electron chi connectivity index (χ3n) is 3.85. The highest BCUT2D eigenvalue weighted by molar-refractivity contribution is 7.92. The minimum atomic E-state index is -3.83. The number of hydrogen-bond donors (Lipinski definition) is 2. The van der Waals surface area contributed by atoms with Crippen LogP contribution in [-0.4, -0.2) is 39.6 Å². The van der Waals surface area contributed by atoms with Gasteiger partial charge in [0.2, 0.25) is 15.9 Å². The summed E-state index contributed by atoms with van der Waals surface area (Å²) in [6.45, 7) is 1.88. The van der Waals surface area contributed by atoms with E-state index in [-0.39, 0.29) is 32.9 Å². The highest BCUT2D eigenvalue weighted by Gasteiger charge is 2.24. The maximum Gasteiger partial charge on any atom is 0.253 e. The summed E-state index contributed by atoms with van der Waals surface area (Å²) >= 11 is 12.1. The summed E-state index contributed by atoms with van der Waals surface area (Å²) in [7, 11) is -3.83. The molecule has 29 heavy (non-hydrogen) atoms. The molecule has 2 aromatic rings. The normalized spacial score (nSPS) is 11.0. The van der Waals surface area contributed by atoms with Crippen molar-refractivity contribution in [3.05, 3.63) is 58.1 Å². The predicted octanol–water partition coefficient (Wildman–Crippen LogP) is 3.54. The lowest BCUT2D eigenvalue weighted by molar-refractivity contribution is -0.114. The molecule has 0 bridgehead atoms. The Bertz CT molecular complexity index is 1010. The van der Waals surface area contributed by atoms with Crippen molar-refractivity contribution in [3.63, 3.8) is 0 Å². The number of nitrogens with zero attached hydrogens (tertiary/aromatic N) is 1. The highest BCUT2D eigenvalue weighted by Crippen LogP contribution is 2.30. The van der Waals surface area contributed by atoms with Gasteiger partial charge in [-0.25, -0.2) is 8.42 Å². The summed E-state index contributed by atoms with van der Waals surface area (Å²) < 4.78 is 25.4. The van der Waals surface area contributed by atoms with Crippen LogP contribution in [0.5, 0.6) is 0 Å². The Balaban J connectivity index is 2.26. The monoisotopic (exact) mass is 457 g/mol. The number of carbonyl (C=O) groups excluding carboxylic acids is 2. The van der Waals surface area contributed by atoms with Crippen molar-refractivity contribution in [2.75, 3.05) is 29.0 Å². The first kappa shape index (κ1) is 23.0. The number of anilines is 2. The minimum absolute atomic E-state index is 0.0887. The molecule has 10 heteroatoms. The fraction of sp³-hybridized carbons (Fsp3) is 0.263. The number of halogens is 2. The zero-order valence-electron chi connectivity index (χ0n) is 15.9. The van der Waals surface area contributed by atoms with Crippen molar-refractivity contribution < 1.29 is 18.0 Å². The first-order chi connectivity index (χ1) is 13.6. The number of sulfonamides is 1. The number of hydrogen-bond acceptors (Lipinski definition) is 4. The van der Waals surface area contributed by atoms with Crippen LogP contribution in [0.15, 0.2) is 42.5 Å². The summed E-state index contributed by atoms with van der Waals surface area (Å²) in [6.07, 6.45) is 1.73. The van der Waals surface area contributed by atoms with Crippen molar-refractivity contribution in [1.82, 2.24) is 5.32 Å². The topological polar surface area (TPSA) is 95.6 Å². The summed E-state index contributed by atoms with van der Waals surface area (Å²) in [5, 5.41) is 5.74. The van der Waals surface area contributed by atoms with Crippen LogP contribution in [0.4, 0.5) is 11.4 Å². The van der Waals surface area contributed by atoms with Crippen LogP contribution in [0.3, 0.4) is 0 Å². The van der Waals surface area contributed by atoms with Crippen molar-refractivity contribution in [2.45, 2.75) is 13.3 Å². The molecule has 0 aromatic heterocycles. The molecule has 0 aliphatic rings. The molecule has 2 aromatic carbocycles. The van der Waals surface area contributed by atoms with Gasteiger partial charge >= 0.3 is 0 Å². The van der Waals surface area contributed by atoms with Gasteiger partial charge in [0.25, 0.3) is 5.91 Å². The van der Waals surface area contributed by atoms with Crippen LogP contribution in [0.25, 0.3) is 0 Å². The van der Waals surface area contributed by atoms with Gasteiger partial charge in [-0.15, -0.1) is 0 Å². The lowest BCUT2D eigenvalue weighted by Crippen LogP contribution is -2.38. The lowest BCUT2D eigenvalue weighted by atomic mass is 10.1. The average molecular weight is 458 g/mol. The maximum atomic E-state index is 12.6. The van der Waals surface area contributed by atoms with Crippen LogP contribution in [-0.2, 0) is 14.8 Å². The summed E-state index contributed by atoms with van der Waals surface area (Å²) in [6, 6.07) is 10.8. The van der Waals surface area contributed by atoms with Crippen molar-refractivity contribution >= 4 is 56.4 Å². The van der Waals surface area contributed by atoms with Gasteiger partial charge < -0.3 is 10.6 Å². The van der Waals surface area contributed by atoms with E-state index in [1.807, 2.05) is 6.92 Å². The molecule has 0 fully saturated rings. The van der Waals surface area contributed by atoms with Gasteiger partial charge in [-0.2, -0.15) is 0 Å². The second-order valence-electron chi connectivity index (χ2n) is 6.22. The molecule has 7 nitrogen and oxygen atoms in total. The van der Waals surface area contributed by atoms with Gasteiger partial charge in [0.05, 0.1) is 28.2 Å². The number of rotatable bonds is 8. The Morgan fingerprint density at radius 1 is 1.10 bits per heavy atom. The molecule has 0 atom stereocenters. The van der Waals surface area contributed by atoms with Crippen LogP contribution < -0.4 is 14.9 Å². The molecule has 2 rings (SSSR count). The number of nitrogens with one attached hydrogen (secondary N) is 2. The standard InChI is InChI=1S/C19H21Cl2N3O4S/c1-3-10-22-19(26)14-6-4-5-7-16(14)23-18(25)12-24(29(2,27)28)17-11-13(20)8-9-15(17)21/h4-9,11H,3,10,12H2,1-2H3,(H,22,26)(H,23,25). The third-order valence-corrected chi connectivity index (χ3v) is 5.53. The van der Waals surface area contributed by atoms with E-state index in [4.69, 9.17) is 23.2 Å². The van der Waals surface area contributed by atoms with E-state index < -0.39 is 22.5 Å². The second-order valence-corrected chi connectivity index (χ2v) is 8.97. The molecule has 0 heterocycles. The van der Waals surface area contributed by atoms with E-state index in [1.165, 1.54) is 18.2 Å². The fourth-order valence-electron chi connectivity index (χ4n) is 2.50. The van der Waals surface area contributed by atoms with E-state index in [0.29, 0.717) is 6.54 Å². The number of carbonyl (C=O) groups is 2. The Kier molecular flexibility index (Phi) is 7.89. The second kappa shape index (κ2) is 9.96. The minimum Gasteiger partial charge on any atom is -0.352 e. The number of amides is 2. The Morgan fingerprint density at radius 2 is 1.79 bits per heavy atom. The molecule has 2 N–H and O–H groups in total. The number of para-hydroxylation sites is 1. The smallest absolute Gasteiger partial charge is 0.253 e. The Morgan fingerprint density at radius 3 is 2.45 bits per heavy atom. The molecular weight excluding hydrogens is 437 g/mol. The zero-order valence-corrected chi connectivity index (χ0v) is 18.2. The van der Waals surface area contributed by atoms with Gasteiger partial charge in [-0.05, 0) is 36.8 Å². The number of benzene rings is 2. The van der Waals surface area contributed by atoms with Gasteiger partial charge in [0, 0.05) is 11.6 Å². The van der Waals surface area contributed by atoms with E-state index in [1.54, 1.807) is 24.3 Å². The van der Waals surface area contributed by atoms with Crippen LogP contribution in [0.1, 0.15) is 23.7 Å². The van der Waals surface area contributed by atoms with E-state index in [9.17, 15) is 18.0 Å². The molecule has 0 saturated heterocycles. The van der Waals surface area contributed by atoms with Crippen LogP contribution >= 0.6 is 23.2 Å². The molecule has 0 aliphatic heterocycles. The molecule has 0 radical (unpaired) electrons. The molecule has 0 aliphatic carbocycles. The molecule has 156 valence electrons. The third kappa shape index (κ3) is 6.35. The van der Waals surface area contributed by atoms with Gasteiger partial charge in [0.15, 0.2) is 0 Å². The van der Waals surface area contributed by atoms with Gasteiger partial charge in [-0.3, -0.25) is 13.9 Å². The summed E-state index contributed by atoms with van der Waals surface area (Å²) in [4.78, 5) is 24.9. The largest absolute Gasteiger partial charge is 0.352 e. The van der Waals surface area contributed by atoms with Crippen molar-refractivity contribution in [1.29, 1.82) is 0 Å². The quantitative estimate of drug-likeness (QED) is 0.633. The van der Waals surface area contributed by atoms with Crippen molar-refractivity contribution in [2.24, 2.45) is 0 Å². The molecule has 2 amide bonds. The SMILES string of the molecule is CCCNC(=O)c1ccccc1NC(=O)CN(c1cc(Cl)ccc1Cl)S(C)(=O)=O. The summed E-state index contributed by atoms with van der Waals surface area (Å²) in [5.41, 5.74) is 0.642. The Hall–Kier alpha value is -2.29. The first-order valence-electron chi connectivity index (χ1n) is 8.73. The Labute approximate surface area is 180 Å². The highest BCUT2D eigenvalue weighted by atomic mass is 35.5. The zero-order chi connectivity index (χ0) is 21.6. The van der Waals surface area contributed by atoms with Crippen molar-refractivity contribution in [3.8, 4) is 0 Å². The molecular formula is C19H21Cl2N3O4S. The van der Waals surface area contributed by atoms with E-state index in [0.717, 1.165) is 17.0 Å².